The number of amides is 1. The first-order chi connectivity index (χ1) is 8.84. The second-order valence-electron chi connectivity index (χ2n) is 4.90. The fourth-order valence-corrected chi connectivity index (χ4v) is 1.34. The first-order valence-electron chi connectivity index (χ1n) is 6.11. The minimum absolute atomic E-state index is 0.201. The van der Waals surface area contributed by atoms with E-state index < -0.39 is 12.6 Å². The summed E-state index contributed by atoms with van der Waals surface area (Å²) < 4.78 is 5.04. The Balaban J connectivity index is 2.75. The lowest BCUT2D eigenvalue weighted by Crippen LogP contribution is -2.42. The van der Waals surface area contributed by atoms with Crippen molar-refractivity contribution in [2.24, 2.45) is 0 Å². The van der Waals surface area contributed by atoms with Gasteiger partial charge in [0.25, 0.3) is 5.91 Å². The molecule has 0 fully saturated rings. The van der Waals surface area contributed by atoms with Gasteiger partial charge in [0.1, 0.15) is 5.75 Å². The number of aliphatic carboxylic acids is 1. The highest BCUT2D eigenvalue weighted by molar-refractivity contribution is 5.95. The molecule has 0 aliphatic carbocycles. The highest BCUT2D eigenvalue weighted by Crippen LogP contribution is 2.15. The Bertz CT molecular complexity index is 468. The molecule has 0 radical (unpaired) electrons. The zero-order valence-corrected chi connectivity index (χ0v) is 11.4. The molecular formula is C14H19NO4. The van der Waals surface area contributed by atoms with Gasteiger partial charge in [0.15, 0.2) is 6.61 Å². The van der Waals surface area contributed by atoms with Gasteiger partial charge in [0.05, 0.1) is 0 Å². The van der Waals surface area contributed by atoms with Crippen molar-refractivity contribution in [3.8, 4) is 5.75 Å². The number of nitrogens with one attached hydrogen (secondary N) is 1. The van der Waals surface area contributed by atoms with E-state index in [1.165, 1.54) is 6.07 Å². The van der Waals surface area contributed by atoms with Gasteiger partial charge in [0, 0.05) is 11.1 Å². The molecule has 0 bridgehead atoms. The quantitative estimate of drug-likeness (QED) is 0.825. The van der Waals surface area contributed by atoms with Crippen LogP contribution in [0.25, 0.3) is 0 Å². The average Bonchev–Trinajstić information content (AvgIpc) is 2.36. The smallest absolute Gasteiger partial charge is 0.341 e. The maximum Gasteiger partial charge on any atom is 0.341 e. The number of benzene rings is 1. The minimum Gasteiger partial charge on any atom is -0.482 e. The lowest BCUT2D eigenvalue weighted by molar-refractivity contribution is -0.139. The van der Waals surface area contributed by atoms with E-state index in [1.807, 2.05) is 20.8 Å². The van der Waals surface area contributed by atoms with Crippen LogP contribution in [0.2, 0.25) is 0 Å². The number of hydrogen-bond acceptors (Lipinski definition) is 3. The Hall–Kier alpha value is -2.04. The number of rotatable bonds is 6. The summed E-state index contributed by atoms with van der Waals surface area (Å²) in [7, 11) is 0. The molecule has 1 amide bonds. The summed E-state index contributed by atoms with van der Waals surface area (Å²) in [5.41, 5.74) is 0.166. The van der Waals surface area contributed by atoms with Crippen LogP contribution in [0, 0.1) is 0 Å². The van der Waals surface area contributed by atoms with Crippen molar-refractivity contribution in [3.63, 3.8) is 0 Å². The van der Waals surface area contributed by atoms with Crippen LogP contribution in [0.5, 0.6) is 5.75 Å². The Labute approximate surface area is 112 Å². The molecular weight excluding hydrogens is 246 g/mol. The summed E-state index contributed by atoms with van der Waals surface area (Å²) in [6.45, 7) is 5.45. The van der Waals surface area contributed by atoms with E-state index in [1.54, 1.807) is 18.2 Å². The molecule has 0 saturated heterocycles. The molecule has 1 rings (SSSR count). The average molecular weight is 265 g/mol. The van der Waals surface area contributed by atoms with E-state index in [0.717, 1.165) is 6.42 Å². The number of hydrogen-bond donors (Lipinski definition) is 2. The van der Waals surface area contributed by atoms with Crippen LogP contribution < -0.4 is 10.1 Å². The van der Waals surface area contributed by atoms with Crippen molar-refractivity contribution in [2.75, 3.05) is 6.61 Å². The second-order valence-corrected chi connectivity index (χ2v) is 4.90. The van der Waals surface area contributed by atoms with Gasteiger partial charge in [-0.1, -0.05) is 13.0 Å². The van der Waals surface area contributed by atoms with Crippen LogP contribution >= 0.6 is 0 Å². The molecule has 2 N–H and O–H groups in total. The lowest BCUT2D eigenvalue weighted by Gasteiger charge is -2.24. The topological polar surface area (TPSA) is 75.6 Å². The van der Waals surface area contributed by atoms with E-state index >= 15 is 0 Å². The molecule has 104 valence electrons. The van der Waals surface area contributed by atoms with Crippen molar-refractivity contribution in [1.82, 2.24) is 5.32 Å². The van der Waals surface area contributed by atoms with Crippen molar-refractivity contribution in [3.05, 3.63) is 29.8 Å². The predicted octanol–water partition coefficient (Wildman–Crippen LogP) is 2.07. The molecule has 0 aliphatic heterocycles. The van der Waals surface area contributed by atoms with Crippen molar-refractivity contribution < 1.29 is 19.4 Å². The Kier molecular flexibility index (Phi) is 4.92. The summed E-state index contributed by atoms with van der Waals surface area (Å²) in [6, 6.07) is 6.47. The van der Waals surface area contributed by atoms with Crippen LogP contribution in [-0.4, -0.2) is 29.1 Å². The monoisotopic (exact) mass is 265 g/mol. The minimum atomic E-state index is -1.05. The number of carboxylic acids is 1. The highest BCUT2D eigenvalue weighted by Gasteiger charge is 2.19. The van der Waals surface area contributed by atoms with E-state index in [9.17, 15) is 9.59 Å². The molecule has 0 spiro atoms. The predicted molar refractivity (Wildman–Crippen MR) is 71.4 cm³/mol. The zero-order valence-electron chi connectivity index (χ0n) is 11.4. The standard InChI is InChI=1S/C14H19NO4/c1-4-14(2,3)15-13(18)10-6-5-7-11(8-10)19-9-12(16)17/h5-8H,4,9H2,1-3H3,(H,15,18)(H,16,17). The van der Waals surface area contributed by atoms with E-state index in [2.05, 4.69) is 5.32 Å². The van der Waals surface area contributed by atoms with Crippen LogP contribution in [-0.2, 0) is 4.79 Å². The van der Waals surface area contributed by atoms with Gasteiger partial charge >= 0.3 is 5.97 Å². The summed E-state index contributed by atoms with van der Waals surface area (Å²) >= 11 is 0. The normalized spacial score (nSPS) is 10.9. The fraction of sp³-hybridized carbons (Fsp3) is 0.429. The fourth-order valence-electron chi connectivity index (χ4n) is 1.34. The molecule has 0 saturated carbocycles. The van der Waals surface area contributed by atoms with Crippen molar-refractivity contribution >= 4 is 11.9 Å². The molecule has 1 aromatic rings. The van der Waals surface area contributed by atoms with Gasteiger partial charge in [-0.3, -0.25) is 4.79 Å². The molecule has 0 unspecified atom stereocenters. The molecule has 0 heterocycles. The second kappa shape index (κ2) is 6.22. The summed E-state index contributed by atoms with van der Waals surface area (Å²) in [6.07, 6.45) is 0.813. The number of carbonyl (C=O) groups is 2. The van der Waals surface area contributed by atoms with Gasteiger partial charge in [-0.05, 0) is 38.5 Å². The maximum absolute atomic E-state index is 12.0. The molecule has 1 aromatic carbocycles. The van der Waals surface area contributed by atoms with Gasteiger partial charge < -0.3 is 15.2 Å². The first-order valence-corrected chi connectivity index (χ1v) is 6.11. The number of ether oxygens (including phenoxy) is 1. The van der Waals surface area contributed by atoms with Gasteiger partial charge in [-0.2, -0.15) is 0 Å². The largest absolute Gasteiger partial charge is 0.482 e. The van der Waals surface area contributed by atoms with Crippen molar-refractivity contribution in [2.45, 2.75) is 32.7 Å². The van der Waals surface area contributed by atoms with Crippen LogP contribution in [0.4, 0.5) is 0 Å². The lowest BCUT2D eigenvalue weighted by atomic mass is 10.0. The molecule has 0 atom stereocenters. The van der Waals surface area contributed by atoms with Crippen molar-refractivity contribution in [1.29, 1.82) is 0 Å². The summed E-state index contributed by atoms with van der Waals surface area (Å²) in [4.78, 5) is 22.4. The number of carbonyl (C=O) groups excluding carboxylic acids is 1. The van der Waals surface area contributed by atoms with Crippen LogP contribution in [0.3, 0.4) is 0 Å². The SMILES string of the molecule is CCC(C)(C)NC(=O)c1cccc(OCC(=O)O)c1. The van der Waals surface area contributed by atoms with Crippen LogP contribution in [0.1, 0.15) is 37.6 Å². The highest BCUT2D eigenvalue weighted by atomic mass is 16.5. The molecule has 0 aromatic heterocycles. The van der Waals surface area contributed by atoms with Gasteiger partial charge in [0.2, 0.25) is 0 Å². The third-order valence-electron chi connectivity index (χ3n) is 2.79. The third kappa shape index (κ3) is 4.99. The maximum atomic E-state index is 12.0. The Morgan fingerprint density at radius 3 is 2.63 bits per heavy atom. The summed E-state index contributed by atoms with van der Waals surface area (Å²) in [5.74, 6) is -0.890. The van der Waals surface area contributed by atoms with E-state index in [4.69, 9.17) is 9.84 Å². The third-order valence-corrected chi connectivity index (χ3v) is 2.79. The number of carboxylic acid groups (broad SMARTS) is 1. The molecule has 0 aliphatic rings. The zero-order chi connectivity index (χ0) is 14.5. The molecule has 19 heavy (non-hydrogen) atoms. The van der Waals surface area contributed by atoms with E-state index in [-0.39, 0.29) is 11.4 Å². The summed E-state index contributed by atoms with van der Waals surface area (Å²) in [5, 5.41) is 11.4. The van der Waals surface area contributed by atoms with Crippen LogP contribution in [0.15, 0.2) is 24.3 Å². The molecule has 5 heteroatoms. The van der Waals surface area contributed by atoms with Gasteiger partial charge in [-0.15, -0.1) is 0 Å². The Morgan fingerprint density at radius 2 is 2.05 bits per heavy atom. The molecule has 5 nitrogen and oxygen atoms in total. The Morgan fingerprint density at radius 1 is 1.37 bits per heavy atom. The van der Waals surface area contributed by atoms with Gasteiger partial charge in [-0.25, -0.2) is 4.79 Å². The van der Waals surface area contributed by atoms with E-state index in [0.29, 0.717) is 11.3 Å². The first kappa shape index (κ1) is 15.0.